The third-order valence-corrected chi connectivity index (χ3v) is 14.4. The van der Waals surface area contributed by atoms with Crippen molar-refractivity contribution in [1.82, 2.24) is 4.31 Å². The number of fused-ring (bicyclic) bond motifs is 8. The van der Waals surface area contributed by atoms with E-state index in [0.717, 1.165) is 22.4 Å². The molecule has 1 fully saturated rings. The van der Waals surface area contributed by atoms with E-state index >= 15 is 0 Å². The maximum atomic E-state index is 14.2. The lowest BCUT2D eigenvalue weighted by atomic mass is 9.65. The lowest BCUT2D eigenvalue weighted by Gasteiger charge is -2.46. The number of benzene rings is 1. The van der Waals surface area contributed by atoms with Crippen molar-refractivity contribution in [3.8, 4) is 0 Å². The number of thiophene rings is 2. The largest absolute Gasteiger partial charge is 0.393 e. The molecule has 46 heavy (non-hydrogen) atoms. The first-order valence-electron chi connectivity index (χ1n) is 16.2. The number of allylic oxidation sites excluding steroid dienone is 2. The molecule has 0 spiro atoms. The van der Waals surface area contributed by atoms with Crippen molar-refractivity contribution < 1.29 is 28.2 Å². The molecule has 1 saturated carbocycles. The Bertz CT molecular complexity index is 1650. The first-order valence-corrected chi connectivity index (χ1v) is 19.3. The molecule has 2 N–H and O–H groups in total. The summed E-state index contributed by atoms with van der Waals surface area (Å²) in [5.74, 6) is -0.232. The number of methoxy groups -OCH3 is 1. The number of carbonyl (C=O) groups excluding carboxylic acids is 1. The van der Waals surface area contributed by atoms with Gasteiger partial charge in [0, 0.05) is 42.7 Å². The molecule has 0 radical (unpaired) electrons. The molecular weight excluding hydrogens is 639 g/mol. The topological polar surface area (TPSA) is 104 Å². The van der Waals surface area contributed by atoms with Crippen molar-refractivity contribution in [2.45, 2.75) is 94.0 Å². The highest BCUT2D eigenvalue weighted by Gasteiger charge is 2.58. The molecule has 2 aromatic heterocycles. The number of hydrogen-bond acceptors (Lipinski definition) is 8. The minimum atomic E-state index is -3.85. The van der Waals surface area contributed by atoms with Crippen LogP contribution in [0, 0.1) is 12.3 Å². The predicted molar refractivity (Wildman–Crippen MR) is 185 cm³/mol. The summed E-state index contributed by atoms with van der Waals surface area (Å²) < 4.78 is 34.8. The molecule has 7 nitrogen and oxygen atoms in total. The van der Waals surface area contributed by atoms with E-state index in [1.807, 2.05) is 37.3 Å². The van der Waals surface area contributed by atoms with E-state index in [1.54, 1.807) is 24.6 Å². The van der Waals surface area contributed by atoms with Crippen LogP contribution in [0.1, 0.15) is 96.0 Å². The van der Waals surface area contributed by atoms with E-state index in [2.05, 4.69) is 19.9 Å². The molecule has 0 saturated heterocycles. The van der Waals surface area contributed by atoms with Crippen LogP contribution >= 0.6 is 22.7 Å². The van der Waals surface area contributed by atoms with Gasteiger partial charge in [0.25, 0.3) is 10.0 Å². The molecule has 0 aliphatic heterocycles. The number of hydrogen-bond donors (Lipinski definition) is 2. The van der Waals surface area contributed by atoms with Gasteiger partial charge in [-0.2, -0.15) is 4.31 Å². The van der Waals surface area contributed by atoms with Crippen LogP contribution in [0.3, 0.4) is 0 Å². The Kier molecular flexibility index (Phi) is 11.1. The summed E-state index contributed by atoms with van der Waals surface area (Å²) in [6.45, 7) is 6.76. The van der Waals surface area contributed by atoms with Crippen molar-refractivity contribution in [2.75, 3.05) is 26.8 Å². The number of ketones is 1. The second-order valence-corrected chi connectivity index (χ2v) is 17.7. The minimum absolute atomic E-state index is 0.0374. The zero-order valence-electron chi connectivity index (χ0n) is 27.3. The first-order chi connectivity index (χ1) is 21.9. The fraction of sp³-hybridized carbons (Fsp3) is 0.528. The van der Waals surface area contributed by atoms with Gasteiger partial charge in [0.2, 0.25) is 5.78 Å². The number of carbonyl (C=O) groups is 1. The van der Waals surface area contributed by atoms with E-state index in [-0.39, 0.29) is 29.0 Å². The predicted octanol–water partition coefficient (Wildman–Crippen LogP) is 7.11. The fourth-order valence-electron chi connectivity index (χ4n) is 7.38. The third kappa shape index (κ3) is 7.28. The summed E-state index contributed by atoms with van der Waals surface area (Å²) in [5.41, 5.74) is 1.52. The Balaban J connectivity index is 1.60. The molecular formula is C36H47NO6S3. The average Bonchev–Trinajstić information content (AvgIpc) is 3.77. The summed E-state index contributed by atoms with van der Waals surface area (Å²) in [6, 6.07) is 13.2. The number of aryl methyl sites for hydroxylation is 1. The minimum Gasteiger partial charge on any atom is -0.393 e. The molecule has 6 rings (SSSR count). The van der Waals surface area contributed by atoms with Crippen LogP contribution in [0.2, 0.25) is 0 Å². The van der Waals surface area contributed by atoms with Crippen molar-refractivity contribution in [1.29, 1.82) is 0 Å². The highest BCUT2D eigenvalue weighted by Crippen LogP contribution is 2.59. The molecule has 2 bridgehead atoms. The second-order valence-electron chi connectivity index (χ2n) is 13.3. The lowest BCUT2D eigenvalue weighted by molar-refractivity contribution is -0.0727. The van der Waals surface area contributed by atoms with Crippen molar-refractivity contribution in [3.63, 3.8) is 0 Å². The lowest BCUT2D eigenvalue weighted by Crippen LogP contribution is -2.54. The number of nitrogens with zero attached hydrogens (tertiary/aromatic N) is 1. The van der Waals surface area contributed by atoms with Gasteiger partial charge in [-0.25, -0.2) is 8.42 Å². The summed E-state index contributed by atoms with van der Waals surface area (Å²) in [5, 5.41) is 25.4. The van der Waals surface area contributed by atoms with Gasteiger partial charge in [0.1, 0.15) is 4.21 Å². The maximum absolute atomic E-state index is 14.2. The van der Waals surface area contributed by atoms with E-state index < -0.39 is 27.1 Å². The molecule has 3 aromatic rings. The number of ether oxygens (including phenoxy) is 1. The van der Waals surface area contributed by atoms with Gasteiger partial charge < -0.3 is 14.9 Å². The van der Waals surface area contributed by atoms with Gasteiger partial charge in [-0.1, -0.05) is 36.8 Å². The fourth-order valence-corrected chi connectivity index (χ4v) is 10.9. The molecule has 0 amide bonds. The van der Waals surface area contributed by atoms with Gasteiger partial charge >= 0.3 is 0 Å². The van der Waals surface area contributed by atoms with Gasteiger partial charge in [0.05, 0.1) is 16.6 Å². The van der Waals surface area contributed by atoms with Crippen molar-refractivity contribution >= 4 is 38.5 Å². The highest BCUT2D eigenvalue weighted by atomic mass is 32.2. The Morgan fingerprint density at radius 3 is 2.63 bits per heavy atom. The zero-order chi connectivity index (χ0) is 33.1. The number of aliphatic hydroxyl groups excluding tert-OH is 1. The monoisotopic (exact) mass is 685 g/mol. The first kappa shape index (κ1) is 35.1. The Labute approximate surface area is 282 Å². The standard InChI is InChI=1S/C36H47NO6S3/c1-25-8-5-17-35(3)31(16-18-36(35,40)24-37(19-7-20-43-4)46(41,42)33-9-6-21-44-33)29-14-12-27(22-28(38)13-10-25)23-30(29)34(39)32-15-11-26(2)45-32/h6,8-9,11-12,14-15,21,23,28,31,38,40H,5,7,10,13,16-20,22,24H2,1-4H3. The normalized spacial score (nSPS) is 25.8. The number of rotatable bonds is 10. The molecule has 3 aliphatic carbocycles. The smallest absolute Gasteiger partial charge is 0.252 e. The Morgan fingerprint density at radius 1 is 1.13 bits per heavy atom. The van der Waals surface area contributed by atoms with Gasteiger partial charge in [-0.05, 0) is 112 Å². The molecule has 10 heteroatoms. The van der Waals surface area contributed by atoms with E-state index in [0.29, 0.717) is 62.0 Å². The molecule has 3 aliphatic rings. The summed E-state index contributed by atoms with van der Waals surface area (Å²) in [7, 11) is -2.25. The Hall–Kier alpha value is -2.18. The summed E-state index contributed by atoms with van der Waals surface area (Å²) in [4.78, 5) is 15.9. The number of sulfonamides is 1. The maximum Gasteiger partial charge on any atom is 0.252 e. The van der Waals surface area contributed by atoms with E-state index in [1.165, 1.54) is 32.6 Å². The van der Waals surface area contributed by atoms with E-state index in [4.69, 9.17) is 4.74 Å². The van der Waals surface area contributed by atoms with Crippen LogP contribution in [0.5, 0.6) is 0 Å². The zero-order valence-corrected chi connectivity index (χ0v) is 29.8. The van der Waals surface area contributed by atoms with Crippen LogP contribution < -0.4 is 0 Å². The van der Waals surface area contributed by atoms with Gasteiger partial charge in [0.15, 0.2) is 0 Å². The third-order valence-electron chi connectivity index (χ3n) is 10.2. The highest BCUT2D eigenvalue weighted by molar-refractivity contribution is 7.91. The van der Waals surface area contributed by atoms with Crippen LogP contribution in [-0.2, 0) is 21.2 Å². The SMILES string of the molecule is COCCCN(CC1(O)CCC2c3ccc(cc3C(=O)c3ccc(C)s3)CC(O)CCC(C)=CCCC21C)S(=O)(=O)c1cccs1. The van der Waals surface area contributed by atoms with Crippen molar-refractivity contribution in [3.05, 3.63) is 85.9 Å². The van der Waals surface area contributed by atoms with Crippen LogP contribution in [0.4, 0.5) is 0 Å². The Morgan fingerprint density at radius 2 is 1.93 bits per heavy atom. The molecule has 4 atom stereocenters. The summed E-state index contributed by atoms with van der Waals surface area (Å²) >= 11 is 2.65. The van der Waals surface area contributed by atoms with Gasteiger partial charge in [-0.3, -0.25) is 4.79 Å². The molecule has 250 valence electrons. The van der Waals surface area contributed by atoms with Gasteiger partial charge in [-0.15, -0.1) is 22.7 Å². The van der Waals surface area contributed by atoms with Crippen LogP contribution in [0.25, 0.3) is 0 Å². The van der Waals surface area contributed by atoms with Crippen LogP contribution in [-0.4, -0.2) is 67.2 Å². The van der Waals surface area contributed by atoms with Crippen molar-refractivity contribution in [2.24, 2.45) is 5.41 Å². The quantitative estimate of drug-likeness (QED) is 0.134. The number of aliphatic hydroxyl groups is 2. The second kappa shape index (κ2) is 14.5. The van der Waals surface area contributed by atoms with Crippen LogP contribution in [0.15, 0.2) is 63.7 Å². The molecule has 2 heterocycles. The van der Waals surface area contributed by atoms with E-state index in [9.17, 15) is 23.4 Å². The average molecular weight is 686 g/mol. The molecule has 1 aromatic carbocycles. The summed E-state index contributed by atoms with van der Waals surface area (Å²) in [6.07, 6.45) is 6.37. The molecule has 4 unspecified atom stereocenters.